The summed E-state index contributed by atoms with van der Waals surface area (Å²) in [5.41, 5.74) is 1.76. The molecule has 0 aliphatic rings. The van der Waals surface area contributed by atoms with Crippen molar-refractivity contribution in [1.82, 2.24) is 4.98 Å². The quantitative estimate of drug-likeness (QED) is 0.727. The molecule has 0 aliphatic carbocycles. The van der Waals surface area contributed by atoms with Gasteiger partial charge in [0.1, 0.15) is 11.8 Å². The van der Waals surface area contributed by atoms with Crippen molar-refractivity contribution >= 4 is 0 Å². The first-order valence-corrected chi connectivity index (χ1v) is 5.17. The molecule has 1 unspecified atom stereocenters. The number of aromatic nitrogens is 1. The van der Waals surface area contributed by atoms with E-state index in [-0.39, 0.29) is 0 Å². The molecule has 1 atom stereocenters. The Morgan fingerprint density at radius 2 is 2.21 bits per heavy atom. The van der Waals surface area contributed by atoms with Gasteiger partial charge in [0, 0.05) is 6.20 Å². The lowest BCUT2D eigenvalue weighted by atomic mass is 9.93. The molecular formula is C12H16N2. The van der Waals surface area contributed by atoms with Gasteiger partial charge in [0.25, 0.3) is 0 Å². The monoisotopic (exact) mass is 188 g/mol. The highest BCUT2D eigenvalue weighted by atomic mass is 14.7. The Kier molecular flexibility index (Phi) is 4.12. The molecule has 0 aliphatic heterocycles. The minimum absolute atomic E-state index is 0.500. The van der Waals surface area contributed by atoms with Crippen LogP contribution in [0.15, 0.2) is 18.3 Å². The maximum atomic E-state index is 8.62. The van der Waals surface area contributed by atoms with E-state index in [1.165, 1.54) is 18.4 Å². The van der Waals surface area contributed by atoms with Gasteiger partial charge in [-0.25, -0.2) is 4.98 Å². The summed E-state index contributed by atoms with van der Waals surface area (Å²) in [6, 6.07) is 5.85. The lowest BCUT2D eigenvalue weighted by molar-refractivity contribution is 0.594. The van der Waals surface area contributed by atoms with Crippen LogP contribution >= 0.6 is 0 Å². The molecule has 14 heavy (non-hydrogen) atoms. The van der Waals surface area contributed by atoms with Crippen LogP contribution in [0, 0.1) is 11.3 Å². The predicted molar refractivity (Wildman–Crippen MR) is 56.9 cm³/mol. The SMILES string of the molecule is CCCC(CC)c1ccc(C#N)nc1. The highest BCUT2D eigenvalue weighted by molar-refractivity contribution is 5.25. The predicted octanol–water partition coefficient (Wildman–Crippen LogP) is 3.25. The number of nitrogens with zero attached hydrogens (tertiary/aromatic N) is 2. The Morgan fingerprint density at radius 3 is 2.64 bits per heavy atom. The molecule has 1 aromatic rings. The second-order valence-electron chi connectivity index (χ2n) is 3.48. The summed E-state index contributed by atoms with van der Waals surface area (Å²) in [6.07, 6.45) is 5.37. The molecule has 2 nitrogen and oxygen atoms in total. The van der Waals surface area contributed by atoms with E-state index in [1.54, 1.807) is 6.07 Å². The molecule has 1 heterocycles. The Morgan fingerprint density at radius 1 is 1.43 bits per heavy atom. The maximum Gasteiger partial charge on any atom is 0.140 e. The maximum absolute atomic E-state index is 8.62. The van der Waals surface area contributed by atoms with Crippen LogP contribution in [0.25, 0.3) is 0 Å². The lowest BCUT2D eigenvalue weighted by Gasteiger charge is -2.13. The van der Waals surface area contributed by atoms with Crippen LogP contribution < -0.4 is 0 Å². The number of pyridine rings is 1. The molecule has 0 N–H and O–H groups in total. The minimum atomic E-state index is 0.500. The summed E-state index contributed by atoms with van der Waals surface area (Å²) < 4.78 is 0. The molecule has 74 valence electrons. The third-order valence-corrected chi connectivity index (χ3v) is 2.50. The molecule has 2 heteroatoms. The van der Waals surface area contributed by atoms with Gasteiger partial charge in [-0.15, -0.1) is 0 Å². The van der Waals surface area contributed by atoms with Gasteiger partial charge in [0.2, 0.25) is 0 Å². The first kappa shape index (κ1) is 10.7. The fraction of sp³-hybridized carbons (Fsp3) is 0.500. The first-order chi connectivity index (χ1) is 6.81. The Hall–Kier alpha value is -1.36. The highest BCUT2D eigenvalue weighted by Crippen LogP contribution is 2.23. The summed E-state index contributed by atoms with van der Waals surface area (Å²) in [4.78, 5) is 4.09. The van der Waals surface area contributed by atoms with Gasteiger partial charge < -0.3 is 0 Å². The Bertz CT molecular complexity index is 308. The minimum Gasteiger partial charge on any atom is -0.245 e. The van der Waals surface area contributed by atoms with Crippen LogP contribution in [0.5, 0.6) is 0 Å². The topological polar surface area (TPSA) is 36.7 Å². The molecule has 0 radical (unpaired) electrons. The van der Waals surface area contributed by atoms with Crippen LogP contribution in [0.1, 0.15) is 50.3 Å². The van der Waals surface area contributed by atoms with Gasteiger partial charge in [-0.3, -0.25) is 0 Å². The van der Waals surface area contributed by atoms with Gasteiger partial charge in [0.05, 0.1) is 0 Å². The highest BCUT2D eigenvalue weighted by Gasteiger charge is 2.08. The van der Waals surface area contributed by atoms with E-state index >= 15 is 0 Å². The number of hydrogen-bond acceptors (Lipinski definition) is 2. The Labute approximate surface area is 85.6 Å². The largest absolute Gasteiger partial charge is 0.245 e. The van der Waals surface area contributed by atoms with Gasteiger partial charge in [-0.1, -0.05) is 26.3 Å². The third-order valence-electron chi connectivity index (χ3n) is 2.50. The smallest absolute Gasteiger partial charge is 0.140 e. The summed E-state index contributed by atoms with van der Waals surface area (Å²) in [5.74, 6) is 0.597. The van der Waals surface area contributed by atoms with Crippen molar-refractivity contribution < 1.29 is 0 Å². The van der Waals surface area contributed by atoms with Crippen LogP contribution in [-0.4, -0.2) is 4.98 Å². The van der Waals surface area contributed by atoms with Crippen LogP contribution in [0.3, 0.4) is 0 Å². The summed E-state index contributed by atoms with van der Waals surface area (Å²) in [5, 5.41) is 8.62. The molecule has 0 saturated carbocycles. The zero-order chi connectivity index (χ0) is 10.4. The van der Waals surface area contributed by atoms with Gasteiger partial charge in [-0.05, 0) is 30.4 Å². The van der Waals surface area contributed by atoms with Crippen molar-refractivity contribution in [3.8, 4) is 6.07 Å². The number of nitriles is 1. The van der Waals surface area contributed by atoms with E-state index in [1.807, 2.05) is 18.3 Å². The molecule has 1 aromatic heterocycles. The molecule has 0 spiro atoms. The van der Waals surface area contributed by atoms with Crippen LogP contribution in [0.4, 0.5) is 0 Å². The molecule has 1 rings (SSSR count). The lowest BCUT2D eigenvalue weighted by Crippen LogP contribution is -1.98. The fourth-order valence-corrected chi connectivity index (χ4v) is 1.67. The second kappa shape index (κ2) is 5.39. The van der Waals surface area contributed by atoms with Gasteiger partial charge in [0.15, 0.2) is 0 Å². The van der Waals surface area contributed by atoms with Crippen molar-refractivity contribution in [2.45, 2.75) is 39.0 Å². The third kappa shape index (κ3) is 2.56. The van der Waals surface area contributed by atoms with E-state index < -0.39 is 0 Å². The molecule has 0 aromatic carbocycles. The summed E-state index contributed by atoms with van der Waals surface area (Å²) >= 11 is 0. The van der Waals surface area contributed by atoms with Gasteiger partial charge in [-0.2, -0.15) is 5.26 Å². The van der Waals surface area contributed by atoms with Crippen molar-refractivity contribution in [2.24, 2.45) is 0 Å². The van der Waals surface area contributed by atoms with Gasteiger partial charge >= 0.3 is 0 Å². The van der Waals surface area contributed by atoms with E-state index in [9.17, 15) is 0 Å². The van der Waals surface area contributed by atoms with Crippen LogP contribution in [-0.2, 0) is 0 Å². The first-order valence-electron chi connectivity index (χ1n) is 5.17. The average molecular weight is 188 g/mol. The number of hydrogen-bond donors (Lipinski definition) is 0. The molecule has 0 fully saturated rings. The van der Waals surface area contributed by atoms with E-state index in [0.29, 0.717) is 11.6 Å². The zero-order valence-electron chi connectivity index (χ0n) is 8.83. The van der Waals surface area contributed by atoms with Crippen LogP contribution in [0.2, 0.25) is 0 Å². The van der Waals surface area contributed by atoms with E-state index in [4.69, 9.17) is 5.26 Å². The van der Waals surface area contributed by atoms with E-state index in [2.05, 4.69) is 18.8 Å². The van der Waals surface area contributed by atoms with Crippen molar-refractivity contribution in [1.29, 1.82) is 5.26 Å². The Balaban J connectivity index is 2.79. The average Bonchev–Trinajstić information content (AvgIpc) is 2.26. The normalized spacial score (nSPS) is 12.1. The van der Waals surface area contributed by atoms with E-state index in [0.717, 1.165) is 6.42 Å². The molecular weight excluding hydrogens is 172 g/mol. The molecule has 0 saturated heterocycles. The fourth-order valence-electron chi connectivity index (χ4n) is 1.67. The second-order valence-corrected chi connectivity index (χ2v) is 3.48. The molecule has 0 amide bonds. The van der Waals surface area contributed by atoms with Crippen molar-refractivity contribution in [2.75, 3.05) is 0 Å². The summed E-state index contributed by atoms with van der Waals surface area (Å²) in [7, 11) is 0. The van der Waals surface area contributed by atoms with Crippen molar-refractivity contribution in [3.63, 3.8) is 0 Å². The number of rotatable bonds is 4. The summed E-state index contributed by atoms with van der Waals surface area (Å²) in [6.45, 7) is 4.39. The zero-order valence-corrected chi connectivity index (χ0v) is 8.83. The molecule has 0 bridgehead atoms. The standard InChI is InChI=1S/C12H16N2/c1-3-5-10(4-2)11-6-7-12(8-13)14-9-11/h6-7,9-10H,3-5H2,1-2H3. The van der Waals surface area contributed by atoms with Crippen molar-refractivity contribution in [3.05, 3.63) is 29.6 Å².